The SMILES string of the molecule is CCCNC(C1=CCCC1)c1ccoc1. The number of nitrogens with one attached hydrogen (secondary N) is 1. The van der Waals surface area contributed by atoms with Gasteiger partial charge in [-0.3, -0.25) is 0 Å². The number of furan rings is 1. The van der Waals surface area contributed by atoms with Gasteiger partial charge >= 0.3 is 0 Å². The molecule has 1 aromatic heterocycles. The number of rotatable bonds is 5. The lowest BCUT2D eigenvalue weighted by atomic mass is 10.0. The number of hydrogen-bond donors (Lipinski definition) is 1. The van der Waals surface area contributed by atoms with Crippen molar-refractivity contribution in [3.05, 3.63) is 35.8 Å². The smallest absolute Gasteiger partial charge is 0.0953 e. The molecule has 0 fully saturated rings. The molecule has 1 aliphatic rings. The zero-order chi connectivity index (χ0) is 10.5. The average molecular weight is 205 g/mol. The Balaban J connectivity index is 2.09. The van der Waals surface area contributed by atoms with Crippen molar-refractivity contribution in [3.8, 4) is 0 Å². The Labute approximate surface area is 91.4 Å². The van der Waals surface area contributed by atoms with Crippen LogP contribution >= 0.6 is 0 Å². The Kier molecular flexibility index (Phi) is 3.62. The predicted octanol–water partition coefficient (Wildman–Crippen LogP) is 3.43. The van der Waals surface area contributed by atoms with E-state index in [1.165, 1.54) is 36.8 Å². The molecule has 1 N–H and O–H groups in total. The first kappa shape index (κ1) is 10.5. The quantitative estimate of drug-likeness (QED) is 0.745. The predicted molar refractivity (Wildman–Crippen MR) is 61.7 cm³/mol. The Bertz CT molecular complexity index is 313. The zero-order valence-corrected chi connectivity index (χ0v) is 9.33. The molecule has 2 nitrogen and oxygen atoms in total. The minimum atomic E-state index is 0.381. The molecule has 82 valence electrons. The van der Waals surface area contributed by atoms with Crippen molar-refractivity contribution in [1.82, 2.24) is 5.32 Å². The van der Waals surface area contributed by atoms with Gasteiger partial charge in [0.05, 0.1) is 18.6 Å². The highest BCUT2D eigenvalue weighted by atomic mass is 16.3. The maximum atomic E-state index is 5.17. The summed E-state index contributed by atoms with van der Waals surface area (Å²) in [6.07, 6.45) is 10.9. The molecule has 0 saturated heterocycles. The van der Waals surface area contributed by atoms with Crippen molar-refractivity contribution >= 4 is 0 Å². The van der Waals surface area contributed by atoms with Crippen LogP contribution in [0.3, 0.4) is 0 Å². The lowest BCUT2D eigenvalue weighted by Crippen LogP contribution is -2.23. The summed E-state index contributed by atoms with van der Waals surface area (Å²) in [6.45, 7) is 3.26. The van der Waals surface area contributed by atoms with Gasteiger partial charge in [-0.05, 0) is 38.3 Å². The fraction of sp³-hybridized carbons (Fsp3) is 0.538. The number of hydrogen-bond acceptors (Lipinski definition) is 2. The maximum Gasteiger partial charge on any atom is 0.0953 e. The highest BCUT2D eigenvalue weighted by Gasteiger charge is 2.18. The first-order valence-electron chi connectivity index (χ1n) is 5.86. The summed E-state index contributed by atoms with van der Waals surface area (Å²) in [6, 6.07) is 2.44. The topological polar surface area (TPSA) is 25.2 Å². The van der Waals surface area contributed by atoms with E-state index in [4.69, 9.17) is 4.42 Å². The van der Waals surface area contributed by atoms with E-state index in [1.54, 1.807) is 6.26 Å². The molecule has 2 rings (SSSR count). The molecule has 1 aromatic rings. The van der Waals surface area contributed by atoms with E-state index in [-0.39, 0.29) is 0 Å². The third-order valence-electron chi connectivity index (χ3n) is 2.92. The van der Waals surface area contributed by atoms with E-state index in [0.29, 0.717) is 6.04 Å². The average Bonchev–Trinajstić information content (AvgIpc) is 2.90. The van der Waals surface area contributed by atoms with Gasteiger partial charge in [-0.25, -0.2) is 0 Å². The van der Waals surface area contributed by atoms with Gasteiger partial charge in [0.1, 0.15) is 0 Å². The van der Waals surface area contributed by atoms with Crippen LogP contribution in [0.4, 0.5) is 0 Å². The van der Waals surface area contributed by atoms with Crippen LogP contribution < -0.4 is 5.32 Å². The third kappa shape index (κ3) is 2.51. The summed E-state index contributed by atoms with van der Waals surface area (Å²) in [5.41, 5.74) is 2.79. The molecule has 1 aliphatic carbocycles. The minimum Gasteiger partial charge on any atom is -0.472 e. The summed E-state index contributed by atoms with van der Waals surface area (Å²) >= 11 is 0. The van der Waals surface area contributed by atoms with E-state index < -0.39 is 0 Å². The Morgan fingerprint density at radius 2 is 2.47 bits per heavy atom. The van der Waals surface area contributed by atoms with Gasteiger partial charge in [0.2, 0.25) is 0 Å². The van der Waals surface area contributed by atoms with Gasteiger partial charge in [0.25, 0.3) is 0 Å². The molecule has 0 bridgehead atoms. The fourth-order valence-corrected chi connectivity index (χ4v) is 2.15. The van der Waals surface area contributed by atoms with Crippen LogP contribution in [0.1, 0.15) is 44.2 Å². The van der Waals surface area contributed by atoms with Crippen LogP contribution in [-0.2, 0) is 0 Å². The molecular formula is C13H19NO. The first-order valence-corrected chi connectivity index (χ1v) is 5.86. The number of allylic oxidation sites excluding steroid dienone is 1. The van der Waals surface area contributed by atoms with Crippen LogP contribution in [0, 0.1) is 0 Å². The first-order chi connectivity index (χ1) is 7.42. The lowest BCUT2D eigenvalue weighted by molar-refractivity contribution is 0.542. The Morgan fingerprint density at radius 1 is 1.53 bits per heavy atom. The standard InChI is InChI=1S/C13H19NO/c1-2-8-14-13(11-5-3-4-6-11)12-7-9-15-10-12/h5,7,9-10,13-14H,2-4,6,8H2,1H3. The van der Waals surface area contributed by atoms with Crippen molar-refractivity contribution in [2.75, 3.05) is 6.54 Å². The molecule has 0 aliphatic heterocycles. The molecule has 0 amide bonds. The Hall–Kier alpha value is -1.02. The van der Waals surface area contributed by atoms with Gasteiger partial charge in [0.15, 0.2) is 0 Å². The minimum absolute atomic E-state index is 0.381. The van der Waals surface area contributed by atoms with Crippen molar-refractivity contribution in [2.45, 2.75) is 38.6 Å². The molecule has 1 heterocycles. The highest BCUT2D eigenvalue weighted by molar-refractivity contribution is 5.26. The fourth-order valence-electron chi connectivity index (χ4n) is 2.15. The molecule has 0 saturated carbocycles. The van der Waals surface area contributed by atoms with Gasteiger partial charge in [-0.2, -0.15) is 0 Å². The van der Waals surface area contributed by atoms with Gasteiger partial charge < -0.3 is 9.73 Å². The molecule has 1 atom stereocenters. The van der Waals surface area contributed by atoms with E-state index in [0.717, 1.165) is 6.54 Å². The van der Waals surface area contributed by atoms with E-state index >= 15 is 0 Å². The third-order valence-corrected chi connectivity index (χ3v) is 2.92. The normalized spacial score (nSPS) is 17.8. The van der Waals surface area contributed by atoms with Crippen LogP contribution in [0.25, 0.3) is 0 Å². The second kappa shape index (κ2) is 5.17. The van der Waals surface area contributed by atoms with Crippen LogP contribution in [0.15, 0.2) is 34.7 Å². The van der Waals surface area contributed by atoms with Crippen molar-refractivity contribution < 1.29 is 4.42 Å². The molecule has 0 aromatic carbocycles. The maximum absolute atomic E-state index is 5.17. The van der Waals surface area contributed by atoms with Gasteiger partial charge in [0, 0.05) is 5.56 Å². The zero-order valence-electron chi connectivity index (χ0n) is 9.33. The summed E-state index contributed by atoms with van der Waals surface area (Å²) in [4.78, 5) is 0. The monoisotopic (exact) mass is 205 g/mol. The molecule has 15 heavy (non-hydrogen) atoms. The van der Waals surface area contributed by atoms with Gasteiger partial charge in [-0.15, -0.1) is 0 Å². The molecule has 1 unspecified atom stereocenters. The van der Waals surface area contributed by atoms with Crippen molar-refractivity contribution in [3.63, 3.8) is 0 Å². The second-order valence-corrected chi connectivity index (χ2v) is 4.12. The molecular weight excluding hydrogens is 186 g/mol. The van der Waals surface area contributed by atoms with E-state index in [1.807, 2.05) is 6.26 Å². The molecule has 2 heteroatoms. The molecule has 0 spiro atoms. The van der Waals surface area contributed by atoms with Crippen LogP contribution in [-0.4, -0.2) is 6.54 Å². The van der Waals surface area contributed by atoms with Crippen LogP contribution in [0.5, 0.6) is 0 Å². The summed E-state index contributed by atoms with van der Waals surface area (Å²) in [7, 11) is 0. The van der Waals surface area contributed by atoms with Crippen molar-refractivity contribution in [2.24, 2.45) is 0 Å². The molecule has 0 radical (unpaired) electrons. The summed E-state index contributed by atoms with van der Waals surface area (Å²) < 4.78 is 5.17. The largest absolute Gasteiger partial charge is 0.472 e. The second-order valence-electron chi connectivity index (χ2n) is 4.12. The van der Waals surface area contributed by atoms with E-state index in [2.05, 4.69) is 24.4 Å². The summed E-state index contributed by atoms with van der Waals surface area (Å²) in [5, 5.41) is 3.59. The van der Waals surface area contributed by atoms with E-state index in [9.17, 15) is 0 Å². The van der Waals surface area contributed by atoms with Gasteiger partial charge in [-0.1, -0.05) is 18.6 Å². The van der Waals surface area contributed by atoms with Crippen molar-refractivity contribution in [1.29, 1.82) is 0 Å². The Morgan fingerprint density at radius 3 is 3.07 bits per heavy atom. The highest BCUT2D eigenvalue weighted by Crippen LogP contribution is 2.30. The van der Waals surface area contributed by atoms with Crippen LogP contribution in [0.2, 0.25) is 0 Å². The lowest BCUT2D eigenvalue weighted by Gasteiger charge is -2.18. The summed E-state index contributed by atoms with van der Waals surface area (Å²) in [5.74, 6) is 0.